The Balaban J connectivity index is 2.26. The predicted molar refractivity (Wildman–Crippen MR) is 74.1 cm³/mol. The van der Waals surface area contributed by atoms with Crippen LogP contribution in [0.2, 0.25) is 5.02 Å². The second-order valence-electron chi connectivity index (χ2n) is 5.31. The molecule has 1 aliphatic heterocycles. The Morgan fingerprint density at radius 1 is 1.44 bits per heavy atom. The third-order valence-electron chi connectivity index (χ3n) is 3.34. The van der Waals surface area contributed by atoms with Crippen molar-refractivity contribution < 1.29 is 4.79 Å². The summed E-state index contributed by atoms with van der Waals surface area (Å²) in [6, 6.07) is 7.16. The first-order chi connectivity index (χ1) is 8.50. The van der Waals surface area contributed by atoms with Gasteiger partial charge in [-0.05, 0) is 45.0 Å². The van der Waals surface area contributed by atoms with Gasteiger partial charge in [0, 0.05) is 29.2 Å². The second kappa shape index (κ2) is 5.29. The molecular formula is C14H19ClN2O. The van der Waals surface area contributed by atoms with E-state index in [-0.39, 0.29) is 11.4 Å². The summed E-state index contributed by atoms with van der Waals surface area (Å²) in [4.78, 5) is 14.5. The number of carbonyl (C=O) groups excluding carboxylic acids is 1. The van der Waals surface area contributed by atoms with Crippen LogP contribution in [0.3, 0.4) is 0 Å². The van der Waals surface area contributed by atoms with Crippen LogP contribution in [-0.2, 0) is 0 Å². The molecule has 0 unspecified atom stereocenters. The largest absolute Gasteiger partial charge is 0.332 e. The lowest BCUT2D eigenvalue weighted by molar-refractivity contribution is 0.0578. The number of nitrogens with zero attached hydrogens (tertiary/aromatic N) is 1. The Bertz CT molecular complexity index is 445. The molecule has 0 spiro atoms. The number of benzene rings is 1. The van der Waals surface area contributed by atoms with Gasteiger partial charge in [0.15, 0.2) is 0 Å². The summed E-state index contributed by atoms with van der Waals surface area (Å²) < 4.78 is 0. The molecule has 1 saturated heterocycles. The molecule has 1 amide bonds. The van der Waals surface area contributed by atoms with E-state index in [9.17, 15) is 4.79 Å². The molecule has 4 heteroatoms. The number of hydrogen-bond donors (Lipinski definition) is 1. The van der Waals surface area contributed by atoms with Crippen molar-refractivity contribution in [1.82, 2.24) is 10.2 Å². The van der Waals surface area contributed by atoms with Crippen molar-refractivity contribution in [2.45, 2.75) is 25.8 Å². The third kappa shape index (κ3) is 2.85. The Morgan fingerprint density at radius 3 is 2.94 bits per heavy atom. The fourth-order valence-corrected chi connectivity index (χ4v) is 2.50. The summed E-state index contributed by atoms with van der Waals surface area (Å²) in [5.41, 5.74) is 0.494. The smallest absolute Gasteiger partial charge is 0.254 e. The molecular weight excluding hydrogens is 248 g/mol. The lowest BCUT2D eigenvalue weighted by Crippen LogP contribution is -2.51. The van der Waals surface area contributed by atoms with Gasteiger partial charge in [0.2, 0.25) is 0 Å². The van der Waals surface area contributed by atoms with Gasteiger partial charge in [0.1, 0.15) is 0 Å². The lowest BCUT2D eigenvalue weighted by atomic mass is 10.0. The third-order valence-corrected chi connectivity index (χ3v) is 3.58. The van der Waals surface area contributed by atoms with Gasteiger partial charge in [-0.3, -0.25) is 4.79 Å². The van der Waals surface area contributed by atoms with Gasteiger partial charge in [-0.1, -0.05) is 17.7 Å². The van der Waals surface area contributed by atoms with Crippen molar-refractivity contribution >= 4 is 17.5 Å². The zero-order valence-corrected chi connectivity index (χ0v) is 11.6. The van der Waals surface area contributed by atoms with Crippen LogP contribution in [0.1, 0.15) is 30.6 Å². The molecule has 2 rings (SSSR count). The average Bonchev–Trinajstić information content (AvgIpc) is 2.49. The van der Waals surface area contributed by atoms with E-state index in [1.807, 2.05) is 17.0 Å². The zero-order valence-electron chi connectivity index (χ0n) is 10.9. The average molecular weight is 267 g/mol. The molecule has 98 valence electrons. The molecule has 0 atom stereocenters. The zero-order chi connectivity index (χ0) is 13.2. The van der Waals surface area contributed by atoms with Crippen molar-refractivity contribution in [3.8, 4) is 0 Å². The minimum atomic E-state index is -0.171. The Kier molecular flexibility index (Phi) is 3.93. The van der Waals surface area contributed by atoms with Crippen molar-refractivity contribution in [2.75, 3.05) is 19.6 Å². The van der Waals surface area contributed by atoms with Gasteiger partial charge in [-0.2, -0.15) is 0 Å². The fourth-order valence-electron chi connectivity index (χ4n) is 2.31. The van der Waals surface area contributed by atoms with Crippen molar-refractivity contribution in [2.24, 2.45) is 0 Å². The first kappa shape index (κ1) is 13.4. The normalized spacial score (nSPS) is 19.4. The van der Waals surface area contributed by atoms with Crippen LogP contribution in [0, 0.1) is 0 Å². The maximum atomic E-state index is 12.6. The summed E-state index contributed by atoms with van der Waals surface area (Å²) in [5, 5.41) is 3.97. The van der Waals surface area contributed by atoms with Gasteiger partial charge in [0.25, 0.3) is 5.91 Å². The fraction of sp³-hybridized carbons (Fsp3) is 0.500. The van der Waals surface area contributed by atoms with E-state index in [4.69, 9.17) is 11.6 Å². The molecule has 0 saturated carbocycles. The highest BCUT2D eigenvalue weighted by Crippen LogP contribution is 2.21. The summed E-state index contributed by atoms with van der Waals surface area (Å²) in [6.45, 7) is 6.74. The standard InChI is InChI=1S/C14H19ClN2O/c1-14(2)10-16-7-4-8-17(14)13(18)11-5-3-6-12(15)9-11/h3,5-6,9,16H,4,7-8,10H2,1-2H3. The molecule has 3 nitrogen and oxygen atoms in total. The maximum absolute atomic E-state index is 12.6. The van der Waals surface area contributed by atoms with Crippen LogP contribution in [-0.4, -0.2) is 36.0 Å². The summed E-state index contributed by atoms with van der Waals surface area (Å²) in [6.07, 6.45) is 0.982. The van der Waals surface area contributed by atoms with Crippen LogP contribution in [0.25, 0.3) is 0 Å². The molecule has 18 heavy (non-hydrogen) atoms. The van der Waals surface area contributed by atoms with Crippen LogP contribution in [0.4, 0.5) is 0 Å². The van der Waals surface area contributed by atoms with Crippen molar-refractivity contribution in [1.29, 1.82) is 0 Å². The molecule has 1 heterocycles. The van der Waals surface area contributed by atoms with Crippen LogP contribution < -0.4 is 5.32 Å². The van der Waals surface area contributed by atoms with Gasteiger partial charge >= 0.3 is 0 Å². The van der Waals surface area contributed by atoms with Crippen molar-refractivity contribution in [3.63, 3.8) is 0 Å². The quantitative estimate of drug-likeness (QED) is 0.847. The van der Waals surface area contributed by atoms with E-state index >= 15 is 0 Å². The Hall–Kier alpha value is -1.06. The summed E-state index contributed by atoms with van der Waals surface area (Å²) in [7, 11) is 0. The van der Waals surface area contributed by atoms with E-state index in [1.54, 1.807) is 12.1 Å². The predicted octanol–water partition coefficient (Wildman–Crippen LogP) is 2.55. The first-order valence-electron chi connectivity index (χ1n) is 6.29. The van der Waals surface area contributed by atoms with Crippen LogP contribution >= 0.6 is 11.6 Å². The molecule has 1 aromatic rings. The van der Waals surface area contributed by atoms with Gasteiger partial charge in [-0.25, -0.2) is 0 Å². The van der Waals surface area contributed by atoms with Gasteiger partial charge < -0.3 is 10.2 Å². The lowest BCUT2D eigenvalue weighted by Gasteiger charge is -2.37. The van der Waals surface area contributed by atoms with Gasteiger partial charge in [0.05, 0.1) is 0 Å². The minimum absolute atomic E-state index is 0.0613. The summed E-state index contributed by atoms with van der Waals surface area (Å²) >= 11 is 5.95. The number of carbonyl (C=O) groups is 1. The van der Waals surface area contributed by atoms with E-state index in [1.165, 1.54) is 0 Å². The summed E-state index contributed by atoms with van der Waals surface area (Å²) in [5.74, 6) is 0.0613. The number of hydrogen-bond acceptors (Lipinski definition) is 2. The van der Waals surface area contributed by atoms with E-state index in [0.29, 0.717) is 10.6 Å². The van der Waals surface area contributed by atoms with Crippen molar-refractivity contribution in [3.05, 3.63) is 34.9 Å². The van der Waals surface area contributed by atoms with E-state index in [0.717, 1.165) is 26.1 Å². The maximum Gasteiger partial charge on any atom is 0.254 e. The molecule has 1 aliphatic rings. The van der Waals surface area contributed by atoms with E-state index < -0.39 is 0 Å². The first-order valence-corrected chi connectivity index (χ1v) is 6.67. The minimum Gasteiger partial charge on any atom is -0.332 e. The monoisotopic (exact) mass is 266 g/mol. The molecule has 0 aromatic heterocycles. The number of nitrogens with one attached hydrogen (secondary N) is 1. The molecule has 1 aromatic carbocycles. The van der Waals surface area contributed by atoms with Gasteiger partial charge in [-0.15, -0.1) is 0 Å². The molecule has 0 radical (unpaired) electrons. The topological polar surface area (TPSA) is 32.3 Å². The second-order valence-corrected chi connectivity index (χ2v) is 5.75. The highest BCUT2D eigenvalue weighted by molar-refractivity contribution is 6.30. The Labute approximate surface area is 113 Å². The molecule has 0 bridgehead atoms. The number of halogens is 1. The highest BCUT2D eigenvalue weighted by atomic mass is 35.5. The van der Waals surface area contributed by atoms with Crippen LogP contribution in [0.15, 0.2) is 24.3 Å². The number of rotatable bonds is 1. The molecule has 1 N–H and O–H groups in total. The number of amides is 1. The Morgan fingerprint density at radius 2 is 2.22 bits per heavy atom. The molecule has 1 fully saturated rings. The molecule has 0 aliphatic carbocycles. The highest BCUT2D eigenvalue weighted by Gasteiger charge is 2.32. The SMILES string of the molecule is CC1(C)CNCCCN1C(=O)c1cccc(Cl)c1. The van der Waals surface area contributed by atoms with Crippen LogP contribution in [0.5, 0.6) is 0 Å². The van der Waals surface area contributed by atoms with E-state index in [2.05, 4.69) is 19.2 Å².